The van der Waals surface area contributed by atoms with Gasteiger partial charge < -0.3 is 15.0 Å². The molecule has 3 rings (SSSR count). The summed E-state index contributed by atoms with van der Waals surface area (Å²) >= 11 is 12.9. The van der Waals surface area contributed by atoms with E-state index in [9.17, 15) is 14.7 Å². The molecule has 0 fully saturated rings. The number of carbonyl (C=O) groups is 2. The molecule has 0 spiro atoms. The number of H-pyrrole nitrogens is 1. The zero-order valence-corrected chi connectivity index (χ0v) is 12.8. The first-order chi connectivity index (χ1) is 9.97. The first kappa shape index (κ1) is 14.4. The van der Waals surface area contributed by atoms with Crippen LogP contribution in [-0.4, -0.2) is 37.9 Å². The molecule has 1 amide bonds. The van der Waals surface area contributed by atoms with Crippen molar-refractivity contribution in [3.05, 3.63) is 38.0 Å². The third kappa shape index (κ3) is 2.52. The number of nitrogens with one attached hydrogen (secondary N) is 1. The van der Waals surface area contributed by atoms with E-state index in [0.717, 1.165) is 17.0 Å². The van der Waals surface area contributed by atoms with Crippen LogP contribution in [0.5, 0.6) is 0 Å². The molecule has 0 saturated carbocycles. The predicted octanol–water partition coefficient (Wildman–Crippen LogP) is 2.43. The number of carboxylic acid groups (broad SMARTS) is 1. The van der Waals surface area contributed by atoms with Crippen LogP contribution in [0.2, 0.25) is 8.67 Å². The average Bonchev–Trinajstić information content (AvgIpc) is 3.01. The quantitative estimate of drug-likeness (QED) is 0.874. The number of carboxylic acids is 1. The second kappa shape index (κ2) is 5.32. The zero-order chi connectivity index (χ0) is 15.1. The summed E-state index contributed by atoms with van der Waals surface area (Å²) in [5.74, 6) is -1.52. The van der Waals surface area contributed by atoms with Crippen molar-refractivity contribution < 1.29 is 14.7 Å². The number of hydrogen-bond donors (Lipinski definition) is 2. The van der Waals surface area contributed by atoms with Gasteiger partial charge >= 0.3 is 5.97 Å². The van der Waals surface area contributed by atoms with Crippen LogP contribution in [0, 0.1) is 0 Å². The van der Waals surface area contributed by atoms with Gasteiger partial charge in [0.2, 0.25) is 0 Å². The number of amides is 1. The molecule has 9 heteroatoms. The van der Waals surface area contributed by atoms with E-state index in [-0.39, 0.29) is 22.9 Å². The van der Waals surface area contributed by atoms with Gasteiger partial charge in [-0.25, -0.2) is 9.78 Å². The monoisotopic (exact) mass is 345 g/mol. The van der Waals surface area contributed by atoms with Crippen LogP contribution in [0.4, 0.5) is 0 Å². The number of imidazole rings is 1. The number of rotatable bonds is 2. The Morgan fingerprint density at radius 2 is 2.24 bits per heavy atom. The van der Waals surface area contributed by atoms with Gasteiger partial charge in [0.15, 0.2) is 0 Å². The lowest BCUT2D eigenvalue weighted by Gasteiger charge is -2.32. The van der Waals surface area contributed by atoms with Crippen molar-refractivity contribution in [1.29, 1.82) is 0 Å². The minimum absolute atomic E-state index is 0.148. The predicted molar refractivity (Wildman–Crippen MR) is 77.9 cm³/mol. The summed E-state index contributed by atoms with van der Waals surface area (Å²) in [6.07, 6.45) is 1.65. The summed E-state index contributed by atoms with van der Waals surface area (Å²) in [6.45, 7) is 0.148. The average molecular weight is 346 g/mol. The van der Waals surface area contributed by atoms with Gasteiger partial charge in [-0.3, -0.25) is 4.79 Å². The molecule has 1 aliphatic rings. The van der Waals surface area contributed by atoms with Crippen molar-refractivity contribution in [2.45, 2.75) is 19.0 Å². The van der Waals surface area contributed by atoms with Crippen LogP contribution in [0.1, 0.15) is 21.7 Å². The molecule has 2 aromatic heterocycles. The Balaban J connectivity index is 1.97. The Bertz CT molecular complexity index is 727. The van der Waals surface area contributed by atoms with E-state index in [0.29, 0.717) is 10.0 Å². The molecule has 110 valence electrons. The normalized spacial score (nSPS) is 17.6. The number of aromatic nitrogens is 2. The van der Waals surface area contributed by atoms with Gasteiger partial charge in [0.05, 0.1) is 34.2 Å². The topological polar surface area (TPSA) is 86.3 Å². The number of halogens is 2. The molecule has 0 saturated heterocycles. The molecular weight excluding hydrogens is 337 g/mol. The van der Waals surface area contributed by atoms with Crippen LogP contribution < -0.4 is 0 Å². The summed E-state index contributed by atoms with van der Waals surface area (Å²) in [5.41, 5.74) is 1.63. The lowest BCUT2D eigenvalue weighted by Crippen LogP contribution is -2.48. The summed E-state index contributed by atoms with van der Waals surface area (Å²) in [6, 6.07) is 0.487. The highest BCUT2D eigenvalue weighted by molar-refractivity contribution is 7.20. The molecule has 21 heavy (non-hydrogen) atoms. The first-order valence-electron chi connectivity index (χ1n) is 5.97. The van der Waals surface area contributed by atoms with E-state index in [1.165, 1.54) is 17.3 Å². The van der Waals surface area contributed by atoms with Crippen LogP contribution in [0.15, 0.2) is 12.4 Å². The molecule has 1 unspecified atom stereocenters. The minimum atomic E-state index is -1.07. The Morgan fingerprint density at radius 1 is 1.48 bits per heavy atom. The second-order valence-electron chi connectivity index (χ2n) is 4.56. The number of thiophene rings is 1. The molecule has 2 N–H and O–H groups in total. The van der Waals surface area contributed by atoms with Gasteiger partial charge in [0.25, 0.3) is 5.91 Å². The van der Waals surface area contributed by atoms with Gasteiger partial charge in [0, 0.05) is 6.42 Å². The van der Waals surface area contributed by atoms with Gasteiger partial charge in [-0.05, 0) is 6.07 Å². The number of aliphatic carboxylic acids is 1. The Morgan fingerprint density at radius 3 is 2.86 bits per heavy atom. The summed E-state index contributed by atoms with van der Waals surface area (Å²) < 4.78 is 0.638. The second-order valence-corrected chi connectivity index (χ2v) is 6.84. The molecule has 3 heterocycles. The van der Waals surface area contributed by atoms with E-state index in [4.69, 9.17) is 23.2 Å². The number of nitrogens with zero attached hydrogens (tertiary/aromatic N) is 2. The molecular formula is C12H9Cl2N3O3S. The van der Waals surface area contributed by atoms with Crippen LogP contribution in [0.3, 0.4) is 0 Å². The molecule has 6 nitrogen and oxygen atoms in total. The van der Waals surface area contributed by atoms with E-state index < -0.39 is 17.9 Å². The van der Waals surface area contributed by atoms with Gasteiger partial charge in [-0.2, -0.15) is 0 Å². The zero-order valence-electron chi connectivity index (χ0n) is 10.5. The number of carbonyl (C=O) groups excluding carboxylic acids is 1. The summed E-state index contributed by atoms with van der Waals surface area (Å²) in [5, 5.41) is 9.35. The van der Waals surface area contributed by atoms with E-state index in [1.54, 1.807) is 0 Å². The largest absolute Gasteiger partial charge is 0.480 e. The fourth-order valence-electron chi connectivity index (χ4n) is 2.31. The first-order valence-corrected chi connectivity index (χ1v) is 7.54. The van der Waals surface area contributed by atoms with Crippen molar-refractivity contribution in [2.24, 2.45) is 0 Å². The SMILES string of the molecule is O=C(O)C1Cc2nc[nH]c2CN1C(=O)c1cc(Cl)sc1Cl. The van der Waals surface area contributed by atoms with E-state index in [2.05, 4.69) is 9.97 Å². The molecule has 0 aromatic carbocycles. The van der Waals surface area contributed by atoms with Crippen molar-refractivity contribution in [2.75, 3.05) is 0 Å². The molecule has 1 atom stereocenters. The highest BCUT2D eigenvalue weighted by atomic mass is 35.5. The Hall–Kier alpha value is -1.57. The fraction of sp³-hybridized carbons (Fsp3) is 0.250. The number of hydrogen-bond acceptors (Lipinski definition) is 4. The van der Waals surface area contributed by atoms with E-state index >= 15 is 0 Å². The third-order valence-corrected chi connectivity index (χ3v) is 4.82. The summed E-state index contributed by atoms with van der Waals surface area (Å²) in [4.78, 5) is 32.3. The van der Waals surface area contributed by atoms with Gasteiger partial charge in [0.1, 0.15) is 10.4 Å². The highest BCUT2D eigenvalue weighted by Gasteiger charge is 2.37. The maximum Gasteiger partial charge on any atom is 0.326 e. The van der Waals surface area contributed by atoms with Crippen molar-refractivity contribution >= 4 is 46.4 Å². The maximum atomic E-state index is 12.6. The smallest absolute Gasteiger partial charge is 0.326 e. The molecule has 0 aliphatic carbocycles. The third-order valence-electron chi connectivity index (χ3n) is 3.33. The minimum Gasteiger partial charge on any atom is -0.480 e. The van der Waals surface area contributed by atoms with Gasteiger partial charge in [-0.1, -0.05) is 23.2 Å². The molecule has 1 aliphatic heterocycles. The number of fused-ring (bicyclic) bond motifs is 1. The maximum absolute atomic E-state index is 12.6. The molecule has 0 bridgehead atoms. The highest BCUT2D eigenvalue weighted by Crippen LogP contribution is 2.33. The summed E-state index contributed by atoms with van der Waals surface area (Å²) in [7, 11) is 0. The van der Waals surface area contributed by atoms with Crippen LogP contribution >= 0.6 is 34.5 Å². The Kier molecular flexibility index (Phi) is 3.64. The van der Waals surface area contributed by atoms with Crippen molar-refractivity contribution in [3.63, 3.8) is 0 Å². The lowest BCUT2D eigenvalue weighted by molar-refractivity contribution is -0.142. The molecule has 0 radical (unpaired) electrons. The van der Waals surface area contributed by atoms with E-state index in [1.807, 2.05) is 0 Å². The fourth-order valence-corrected chi connectivity index (χ4v) is 3.76. The van der Waals surface area contributed by atoms with Crippen LogP contribution in [0.25, 0.3) is 0 Å². The molecule has 2 aromatic rings. The van der Waals surface area contributed by atoms with Crippen LogP contribution in [-0.2, 0) is 17.8 Å². The van der Waals surface area contributed by atoms with Crippen molar-refractivity contribution in [3.8, 4) is 0 Å². The van der Waals surface area contributed by atoms with Gasteiger partial charge in [-0.15, -0.1) is 11.3 Å². The van der Waals surface area contributed by atoms with Crippen molar-refractivity contribution in [1.82, 2.24) is 14.9 Å². The standard InChI is InChI=1S/C12H9Cl2N3O3S/c13-9-1-5(10(14)21-9)11(18)17-3-7-6(15-4-16-7)2-8(17)12(19)20/h1,4,8H,2-3H2,(H,15,16)(H,19,20). The number of aromatic amines is 1. The Labute approximate surface area is 133 Å². The lowest BCUT2D eigenvalue weighted by atomic mass is 10.0.